The van der Waals surface area contributed by atoms with Crippen molar-refractivity contribution in [3.8, 4) is 0 Å². The second kappa shape index (κ2) is 12.2. The maximum Gasteiger partial charge on any atom is -0.0204 e. The fourth-order valence-electron chi connectivity index (χ4n) is 1.34. The van der Waals surface area contributed by atoms with Crippen molar-refractivity contribution in [3.05, 3.63) is 78.4 Å². The maximum atomic E-state index is 3.89. The zero-order valence-corrected chi connectivity index (χ0v) is 14.1. The highest BCUT2D eigenvalue weighted by Gasteiger charge is 1.94. The first kappa shape index (κ1) is 20.5. The van der Waals surface area contributed by atoms with Gasteiger partial charge in [-0.05, 0) is 52.7 Å². The Morgan fingerprint density at radius 2 is 1.40 bits per heavy atom. The first-order chi connectivity index (χ1) is 9.22. The van der Waals surface area contributed by atoms with Gasteiger partial charge in [-0.3, -0.25) is 0 Å². The standard InChI is InChI=1S/C10H12.C6H10.C4H8/c1-8(2)10-7-5-4-6-9(10)3;1-4-5-6(2)3;1-4(2)3/h4-7H,1H2,2-3H3;4-5H,2H2,1,3H3;1H2,2-3H3/b;5-4-;. The van der Waals surface area contributed by atoms with Crippen molar-refractivity contribution in [1.29, 1.82) is 0 Å². The molecule has 0 atom stereocenters. The summed E-state index contributed by atoms with van der Waals surface area (Å²) in [6.07, 6.45) is 3.95. The quantitative estimate of drug-likeness (QED) is 0.412. The number of aryl methyl sites for hydroxylation is 1. The molecule has 0 amide bonds. The minimum Gasteiger partial charge on any atom is -0.100 e. The van der Waals surface area contributed by atoms with E-state index in [9.17, 15) is 0 Å². The molecule has 0 aliphatic carbocycles. The minimum absolute atomic E-state index is 1.11. The number of hydrogen-bond donors (Lipinski definition) is 0. The molecule has 1 aromatic rings. The molecule has 0 N–H and O–H groups in total. The van der Waals surface area contributed by atoms with Gasteiger partial charge in [0, 0.05) is 0 Å². The summed E-state index contributed by atoms with van der Waals surface area (Å²) in [6.45, 7) is 23.1. The smallest absolute Gasteiger partial charge is 0.0204 e. The molecule has 0 nitrogen and oxygen atoms in total. The molecule has 1 aromatic carbocycles. The van der Waals surface area contributed by atoms with Crippen molar-refractivity contribution in [1.82, 2.24) is 0 Å². The number of benzene rings is 1. The molecule has 0 radical (unpaired) electrons. The SMILES string of the molecule is C=C(C)/C=C\C.C=C(C)C.C=C(C)c1ccccc1C. The van der Waals surface area contributed by atoms with E-state index in [-0.39, 0.29) is 0 Å². The second-order valence-corrected chi connectivity index (χ2v) is 5.15. The lowest BCUT2D eigenvalue weighted by Crippen LogP contribution is -1.81. The highest BCUT2D eigenvalue weighted by Crippen LogP contribution is 2.14. The molecule has 0 aliphatic rings. The van der Waals surface area contributed by atoms with E-state index in [0.29, 0.717) is 0 Å². The van der Waals surface area contributed by atoms with Crippen molar-refractivity contribution >= 4 is 5.57 Å². The summed E-state index contributed by atoms with van der Waals surface area (Å²) < 4.78 is 0. The van der Waals surface area contributed by atoms with Crippen LogP contribution >= 0.6 is 0 Å². The van der Waals surface area contributed by atoms with Crippen LogP contribution in [0.5, 0.6) is 0 Å². The molecule has 0 spiro atoms. The molecule has 1 rings (SSSR count). The topological polar surface area (TPSA) is 0 Å². The Kier molecular flexibility index (Phi) is 12.5. The van der Waals surface area contributed by atoms with Crippen LogP contribution in [0.2, 0.25) is 0 Å². The van der Waals surface area contributed by atoms with E-state index in [1.54, 1.807) is 0 Å². The molecule has 0 heteroatoms. The first-order valence-corrected chi connectivity index (χ1v) is 6.84. The van der Waals surface area contributed by atoms with Crippen LogP contribution in [0, 0.1) is 6.92 Å². The van der Waals surface area contributed by atoms with Gasteiger partial charge >= 0.3 is 0 Å². The van der Waals surface area contributed by atoms with E-state index in [0.717, 1.165) is 11.1 Å². The van der Waals surface area contributed by atoms with E-state index >= 15 is 0 Å². The summed E-state index contributed by atoms with van der Waals surface area (Å²) in [6, 6.07) is 8.28. The second-order valence-electron chi connectivity index (χ2n) is 5.15. The van der Waals surface area contributed by atoms with Gasteiger partial charge in [-0.2, -0.15) is 0 Å². The summed E-state index contributed by atoms with van der Waals surface area (Å²) in [7, 11) is 0. The molecule has 20 heavy (non-hydrogen) atoms. The van der Waals surface area contributed by atoms with Crippen molar-refractivity contribution in [3.63, 3.8) is 0 Å². The number of allylic oxidation sites excluding steroid dienone is 5. The number of rotatable bonds is 2. The van der Waals surface area contributed by atoms with Crippen LogP contribution in [-0.4, -0.2) is 0 Å². The van der Waals surface area contributed by atoms with Crippen LogP contribution in [0.4, 0.5) is 0 Å². The lowest BCUT2D eigenvalue weighted by Gasteiger charge is -2.02. The highest BCUT2D eigenvalue weighted by atomic mass is 14.0. The normalized spacial score (nSPS) is 8.90. The molecule has 110 valence electrons. The molecule has 0 heterocycles. The lowest BCUT2D eigenvalue weighted by atomic mass is 10.0. The Labute approximate surface area is 126 Å². The van der Waals surface area contributed by atoms with E-state index in [4.69, 9.17) is 0 Å². The van der Waals surface area contributed by atoms with Crippen LogP contribution in [0.1, 0.15) is 45.7 Å². The molecular formula is C20H30. The predicted molar refractivity (Wildman–Crippen MR) is 96.0 cm³/mol. The first-order valence-electron chi connectivity index (χ1n) is 6.84. The van der Waals surface area contributed by atoms with Crippen LogP contribution in [0.25, 0.3) is 5.57 Å². The van der Waals surface area contributed by atoms with Crippen LogP contribution in [0.3, 0.4) is 0 Å². The average Bonchev–Trinajstić information content (AvgIpc) is 2.28. The summed E-state index contributed by atoms with van der Waals surface area (Å²) in [4.78, 5) is 0. The van der Waals surface area contributed by atoms with Gasteiger partial charge in [0.05, 0.1) is 0 Å². The van der Waals surface area contributed by atoms with Crippen LogP contribution < -0.4 is 0 Å². The van der Waals surface area contributed by atoms with Gasteiger partial charge in [-0.25, -0.2) is 0 Å². The van der Waals surface area contributed by atoms with E-state index < -0.39 is 0 Å². The van der Waals surface area contributed by atoms with Gasteiger partial charge in [0.25, 0.3) is 0 Å². The fourth-order valence-corrected chi connectivity index (χ4v) is 1.34. The van der Waals surface area contributed by atoms with Gasteiger partial charge in [0.2, 0.25) is 0 Å². The molecule has 0 saturated heterocycles. The van der Waals surface area contributed by atoms with Crippen molar-refractivity contribution < 1.29 is 0 Å². The maximum absolute atomic E-state index is 3.89. The molecular weight excluding hydrogens is 240 g/mol. The summed E-state index contributed by atoms with van der Waals surface area (Å²) >= 11 is 0. The van der Waals surface area contributed by atoms with Gasteiger partial charge in [-0.15, -0.1) is 6.58 Å². The molecule has 0 aromatic heterocycles. The highest BCUT2D eigenvalue weighted by molar-refractivity contribution is 5.63. The Morgan fingerprint density at radius 3 is 1.60 bits per heavy atom. The Morgan fingerprint density at radius 1 is 0.950 bits per heavy atom. The largest absolute Gasteiger partial charge is 0.100 e. The molecule has 0 aliphatic heterocycles. The summed E-state index contributed by atoms with van der Waals surface area (Å²) in [5.41, 5.74) is 5.98. The zero-order chi connectivity index (χ0) is 16.1. The van der Waals surface area contributed by atoms with Gasteiger partial charge in [-0.1, -0.05) is 66.3 Å². The molecule has 0 saturated carbocycles. The minimum atomic E-state index is 1.11. The van der Waals surface area contributed by atoms with Crippen molar-refractivity contribution in [2.45, 2.75) is 41.5 Å². The molecule has 0 unspecified atom stereocenters. The monoisotopic (exact) mass is 270 g/mol. The van der Waals surface area contributed by atoms with Gasteiger partial charge in [0.15, 0.2) is 0 Å². The predicted octanol–water partition coefficient (Wildman–Crippen LogP) is 6.75. The third kappa shape index (κ3) is 14.2. The third-order valence-electron chi connectivity index (χ3n) is 2.06. The Balaban J connectivity index is 0. The number of hydrogen-bond acceptors (Lipinski definition) is 0. The summed E-state index contributed by atoms with van der Waals surface area (Å²) in [5, 5.41) is 0. The van der Waals surface area contributed by atoms with E-state index in [1.165, 1.54) is 16.7 Å². The Bertz CT molecular complexity index is 455. The molecule has 0 bridgehead atoms. The lowest BCUT2D eigenvalue weighted by molar-refractivity contribution is 1.41. The van der Waals surface area contributed by atoms with E-state index in [1.807, 2.05) is 58.9 Å². The van der Waals surface area contributed by atoms with Gasteiger partial charge < -0.3 is 0 Å². The van der Waals surface area contributed by atoms with Crippen molar-refractivity contribution in [2.75, 3.05) is 0 Å². The van der Waals surface area contributed by atoms with Crippen molar-refractivity contribution in [2.24, 2.45) is 0 Å². The Hall–Kier alpha value is -1.82. The van der Waals surface area contributed by atoms with Crippen LogP contribution in [0.15, 0.2) is 67.3 Å². The van der Waals surface area contributed by atoms with E-state index in [2.05, 4.69) is 38.8 Å². The zero-order valence-electron chi connectivity index (χ0n) is 14.1. The molecule has 0 fully saturated rings. The van der Waals surface area contributed by atoms with Crippen LogP contribution in [-0.2, 0) is 0 Å². The average molecular weight is 270 g/mol. The fraction of sp³-hybridized carbons (Fsp3) is 0.300. The third-order valence-corrected chi connectivity index (χ3v) is 2.06. The van der Waals surface area contributed by atoms with Gasteiger partial charge in [0.1, 0.15) is 0 Å². The summed E-state index contributed by atoms with van der Waals surface area (Å²) in [5.74, 6) is 0.